The molecule has 0 saturated heterocycles. The molecule has 0 fully saturated rings. The van der Waals surface area contributed by atoms with Gasteiger partial charge in [-0.05, 0) is 18.6 Å². The van der Waals surface area contributed by atoms with Crippen molar-refractivity contribution < 1.29 is 9.90 Å². The molecule has 0 saturated carbocycles. The lowest BCUT2D eigenvalue weighted by Gasteiger charge is -2.13. The molecule has 3 N–H and O–H groups in total. The molecule has 1 aromatic heterocycles. The Hall–Kier alpha value is -2.30. The second-order valence-corrected chi connectivity index (χ2v) is 4.82. The van der Waals surface area contributed by atoms with Gasteiger partial charge in [0.15, 0.2) is 0 Å². The molecule has 2 rings (SSSR count). The quantitative estimate of drug-likeness (QED) is 0.648. The maximum absolute atomic E-state index is 12.2. The van der Waals surface area contributed by atoms with Crippen molar-refractivity contribution in [3.05, 3.63) is 40.2 Å². The monoisotopic (exact) mass is 274 g/mol. The lowest BCUT2D eigenvalue weighted by molar-refractivity contribution is 0.0695. The van der Waals surface area contributed by atoms with Crippen LogP contribution in [0.3, 0.4) is 0 Å². The molecule has 1 aromatic carbocycles. The van der Waals surface area contributed by atoms with Gasteiger partial charge in [0.2, 0.25) is 5.43 Å². The molecule has 0 amide bonds. The predicted octanol–water partition coefficient (Wildman–Crippen LogP) is 2.47. The van der Waals surface area contributed by atoms with Crippen LogP contribution in [0.1, 0.15) is 36.5 Å². The Balaban J connectivity index is 2.67. The van der Waals surface area contributed by atoms with Crippen LogP contribution in [-0.2, 0) is 6.54 Å². The summed E-state index contributed by atoms with van der Waals surface area (Å²) in [5, 5.41) is 9.45. The van der Waals surface area contributed by atoms with E-state index in [2.05, 4.69) is 6.92 Å². The van der Waals surface area contributed by atoms with Crippen LogP contribution in [-0.4, -0.2) is 15.6 Å². The molecule has 1 heterocycles. The first-order valence-corrected chi connectivity index (χ1v) is 6.71. The van der Waals surface area contributed by atoms with Gasteiger partial charge in [-0.25, -0.2) is 4.79 Å². The van der Waals surface area contributed by atoms with Crippen LogP contribution in [0, 0.1) is 0 Å². The van der Waals surface area contributed by atoms with Gasteiger partial charge in [-0.1, -0.05) is 25.8 Å². The zero-order valence-electron chi connectivity index (χ0n) is 11.4. The number of hydrogen-bond donors (Lipinski definition) is 2. The summed E-state index contributed by atoms with van der Waals surface area (Å²) in [6.07, 6.45) is 4.48. The van der Waals surface area contributed by atoms with E-state index in [1.807, 2.05) is 4.57 Å². The third kappa shape index (κ3) is 2.52. The second kappa shape index (κ2) is 5.77. The molecule has 0 unspecified atom stereocenters. The number of nitrogen functional groups attached to an aromatic ring is 1. The van der Waals surface area contributed by atoms with Crippen molar-refractivity contribution in [3.63, 3.8) is 0 Å². The first kappa shape index (κ1) is 14.1. The summed E-state index contributed by atoms with van der Waals surface area (Å²) in [5.74, 6) is -1.22. The highest BCUT2D eigenvalue weighted by atomic mass is 16.4. The molecule has 5 heteroatoms. The van der Waals surface area contributed by atoms with Gasteiger partial charge >= 0.3 is 5.97 Å². The fraction of sp³-hybridized carbons (Fsp3) is 0.333. The van der Waals surface area contributed by atoms with Crippen LogP contribution in [0.2, 0.25) is 0 Å². The number of carboxylic acids is 1. The van der Waals surface area contributed by atoms with Gasteiger partial charge in [-0.2, -0.15) is 0 Å². The number of aromatic carboxylic acids is 1. The van der Waals surface area contributed by atoms with Crippen molar-refractivity contribution >= 4 is 22.6 Å². The van der Waals surface area contributed by atoms with E-state index in [1.54, 1.807) is 18.2 Å². The number of carbonyl (C=O) groups is 1. The van der Waals surface area contributed by atoms with Gasteiger partial charge in [-0.3, -0.25) is 4.79 Å². The smallest absolute Gasteiger partial charge is 0.341 e. The Morgan fingerprint density at radius 1 is 1.35 bits per heavy atom. The van der Waals surface area contributed by atoms with Crippen molar-refractivity contribution in [2.24, 2.45) is 0 Å². The lowest BCUT2D eigenvalue weighted by Crippen LogP contribution is -2.20. The summed E-state index contributed by atoms with van der Waals surface area (Å²) in [5.41, 5.74) is 6.11. The third-order valence-corrected chi connectivity index (χ3v) is 3.37. The third-order valence-electron chi connectivity index (χ3n) is 3.37. The SMILES string of the molecule is CCCCCn1cc(C(=O)O)c(=O)c2c(N)cccc21. The normalized spacial score (nSPS) is 10.8. The minimum atomic E-state index is -1.22. The van der Waals surface area contributed by atoms with Gasteiger partial charge in [-0.15, -0.1) is 0 Å². The zero-order chi connectivity index (χ0) is 14.7. The fourth-order valence-electron chi connectivity index (χ4n) is 2.33. The van der Waals surface area contributed by atoms with Crippen LogP contribution in [0.25, 0.3) is 10.9 Å². The van der Waals surface area contributed by atoms with Crippen molar-refractivity contribution in [2.75, 3.05) is 5.73 Å². The first-order valence-electron chi connectivity index (χ1n) is 6.71. The van der Waals surface area contributed by atoms with Gasteiger partial charge in [0, 0.05) is 18.4 Å². The van der Waals surface area contributed by atoms with Crippen molar-refractivity contribution in [3.8, 4) is 0 Å². The molecular weight excluding hydrogens is 256 g/mol. The maximum atomic E-state index is 12.2. The summed E-state index contributed by atoms with van der Waals surface area (Å²) in [7, 11) is 0. The van der Waals surface area contributed by atoms with E-state index >= 15 is 0 Å². The molecule has 2 aromatic rings. The molecule has 0 radical (unpaired) electrons. The maximum Gasteiger partial charge on any atom is 0.341 e. The number of aryl methyl sites for hydroxylation is 1. The van der Waals surface area contributed by atoms with Gasteiger partial charge in [0.25, 0.3) is 0 Å². The molecule has 5 nitrogen and oxygen atoms in total. The number of aromatic nitrogens is 1. The van der Waals surface area contributed by atoms with Crippen LogP contribution in [0.5, 0.6) is 0 Å². The summed E-state index contributed by atoms with van der Waals surface area (Å²) < 4.78 is 1.81. The molecule has 0 atom stereocenters. The number of rotatable bonds is 5. The number of carboxylic acid groups (broad SMARTS) is 1. The minimum Gasteiger partial charge on any atom is -0.477 e. The predicted molar refractivity (Wildman–Crippen MR) is 79.1 cm³/mol. The fourth-order valence-corrected chi connectivity index (χ4v) is 2.33. The van der Waals surface area contributed by atoms with E-state index in [0.717, 1.165) is 19.3 Å². The number of anilines is 1. The van der Waals surface area contributed by atoms with E-state index < -0.39 is 11.4 Å². The van der Waals surface area contributed by atoms with Crippen LogP contribution in [0.15, 0.2) is 29.2 Å². The van der Waals surface area contributed by atoms with Crippen LogP contribution in [0.4, 0.5) is 5.69 Å². The molecule has 0 bridgehead atoms. The number of nitrogens with two attached hydrogens (primary N) is 1. The van der Waals surface area contributed by atoms with E-state index in [9.17, 15) is 9.59 Å². The van der Waals surface area contributed by atoms with Crippen LogP contribution >= 0.6 is 0 Å². The number of pyridine rings is 1. The summed E-state index contributed by atoms with van der Waals surface area (Å²) in [6, 6.07) is 5.18. The number of benzene rings is 1. The minimum absolute atomic E-state index is 0.230. The van der Waals surface area contributed by atoms with E-state index in [4.69, 9.17) is 10.8 Å². The Morgan fingerprint density at radius 3 is 2.75 bits per heavy atom. The number of nitrogens with zero attached hydrogens (tertiary/aromatic N) is 1. The highest BCUT2D eigenvalue weighted by molar-refractivity contribution is 5.97. The van der Waals surface area contributed by atoms with Crippen molar-refractivity contribution in [1.29, 1.82) is 0 Å². The Morgan fingerprint density at radius 2 is 2.10 bits per heavy atom. The highest BCUT2D eigenvalue weighted by Crippen LogP contribution is 2.19. The number of hydrogen-bond acceptors (Lipinski definition) is 3. The van der Waals surface area contributed by atoms with Crippen LogP contribution < -0.4 is 11.2 Å². The van der Waals surface area contributed by atoms with E-state index in [0.29, 0.717) is 23.1 Å². The summed E-state index contributed by atoms with van der Waals surface area (Å²) >= 11 is 0. The van der Waals surface area contributed by atoms with Crippen molar-refractivity contribution in [2.45, 2.75) is 32.7 Å². The number of unbranched alkanes of at least 4 members (excludes halogenated alkanes) is 2. The molecule has 0 aliphatic rings. The summed E-state index contributed by atoms with van der Waals surface area (Å²) in [6.45, 7) is 2.78. The molecule has 0 aliphatic carbocycles. The molecular formula is C15H18N2O3. The Bertz CT molecular complexity index is 704. The average Bonchev–Trinajstić information content (AvgIpc) is 2.41. The van der Waals surface area contributed by atoms with Gasteiger partial charge in [0.05, 0.1) is 10.9 Å². The molecule has 0 spiro atoms. The number of fused-ring (bicyclic) bond motifs is 1. The van der Waals surface area contributed by atoms with Gasteiger partial charge < -0.3 is 15.4 Å². The first-order chi connectivity index (χ1) is 9.56. The van der Waals surface area contributed by atoms with Gasteiger partial charge in [0.1, 0.15) is 5.56 Å². The largest absolute Gasteiger partial charge is 0.477 e. The highest BCUT2D eigenvalue weighted by Gasteiger charge is 2.15. The zero-order valence-corrected chi connectivity index (χ0v) is 11.4. The van der Waals surface area contributed by atoms with E-state index in [1.165, 1.54) is 6.20 Å². The standard InChI is InChI=1S/C15H18N2O3/c1-2-3-4-8-17-9-10(15(19)20)14(18)13-11(16)6-5-7-12(13)17/h5-7,9H,2-4,8,16H2,1H3,(H,19,20). The second-order valence-electron chi connectivity index (χ2n) is 4.82. The topological polar surface area (TPSA) is 85.3 Å². The summed E-state index contributed by atoms with van der Waals surface area (Å²) in [4.78, 5) is 23.4. The van der Waals surface area contributed by atoms with Crippen molar-refractivity contribution in [1.82, 2.24) is 4.57 Å². The average molecular weight is 274 g/mol. The Labute approximate surface area is 116 Å². The molecule has 20 heavy (non-hydrogen) atoms. The Kier molecular flexibility index (Phi) is 4.08. The lowest BCUT2D eigenvalue weighted by atomic mass is 10.1. The van der Waals surface area contributed by atoms with E-state index in [-0.39, 0.29) is 5.56 Å². The molecule has 0 aliphatic heterocycles. The molecule has 106 valence electrons.